The van der Waals surface area contributed by atoms with Crippen LogP contribution < -0.4 is 10.7 Å². The number of nitrogen functional groups attached to an aromatic ring is 1. The molecule has 2 N–H and O–H groups in total. The molecule has 0 amide bonds. The van der Waals surface area contributed by atoms with Gasteiger partial charge in [0.05, 0.1) is 17.1 Å². The van der Waals surface area contributed by atoms with Crippen LogP contribution in [-0.4, -0.2) is 10.7 Å². The summed E-state index contributed by atoms with van der Waals surface area (Å²) in [6.45, 7) is 2.32. The zero-order chi connectivity index (χ0) is 23.3. The smallest absolute Gasteiger partial charge is 0.136 e. The molecule has 0 bridgehead atoms. The Kier molecular flexibility index (Phi) is 3.67. The quantitative estimate of drug-likeness (QED) is 0.270. The third-order valence-electron chi connectivity index (χ3n) is 8.15. The zero-order valence-corrected chi connectivity index (χ0v) is 19.5. The van der Waals surface area contributed by atoms with Crippen LogP contribution in [0, 0.1) is 5.92 Å². The third kappa shape index (κ3) is 2.41. The number of anilines is 1. The van der Waals surface area contributed by atoms with Gasteiger partial charge in [-0.25, -0.2) is 0 Å². The normalized spacial score (nSPS) is 23.1. The first-order valence-corrected chi connectivity index (χ1v) is 12.4. The molecule has 3 unspecified atom stereocenters. The van der Waals surface area contributed by atoms with Gasteiger partial charge in [-0.05, 0) is 54.3 Å². The molecule has 3 heterocycles. The van der Waals surface area contributed by atoms with Crippen molar-refractivity contribution in [3.8, 4) is 0 Å². The Bertz CT molecular complexity index is 1830. The standard InChI is InChI=1S/C31H25N3O/c1-18-8-2-5-11-23(18)33-24-12-6-3-9-19(24)21-16-22-27(17-26(21)33)34(32)25-14-15-29-31(30(22)25)20-10-4-7-13-28(20)35-29/h2-7,9-19,24H,8,32H2,1H3. The molecule has 2 aliphatic carbocycles. The monoisotopic (exact) mass is 455 g/mol. The number of furan rings is 1. The summed E-state index contributed by atoms with van der Waals surface area (Å²) in [6, 6.07) is 17.4. The molecule has 5 aromatic rings. The van der Waals surface area contributed by atoms with Gasteiger partial charge in [-0.2, -0.15) is 0 Å². The summed E-state index contributed by atoms with van der Waals surface area (Å²) < 4.78 is 8.07. The van der Waals surface area contributed by atoms with Crippen LogP contribution in [0.1, 0.15) is 24.8 Å². The van der Waals surface area contributed by atoms with Crippen molar-refractivity contribution in [1.82, 2.24) is 4.68 Å². The molecule has 0 spiro atoms. The van der Waals surface area contributed by atoms with Crippen molar-refractivity contribution < 1.29 is 4.42 Å². The Labute approximate surface area is 202 Å². The molecule has 0 fully saturated rings. The van der Waals surface area contributed by atoms with Gasteiger partial charge in [0.15, 0.2) is 0 Å². The SMILES string of the molecule is CC1CC=CC=C1N1c2cc3c(cc2C2C=CC=CC21)c1c2c(ccc1n3N)oc1ccccc12. The molecule has 0 saturated carbocycles. The first-order chi connectivity index (χ1) is 17.2. The number of nitrogens with zero attached hydrogens (tertiary/aromatic N) is 2. The van der Waals surface area contributed by atoms with Gasteiger partial charge in [0.25, 0.3) is 0 Å². The summed E-state index contributed by atoms with van der Waals surface area (Å²) in [5, 5.41) is 4.64. The maximum absolute atomic E-state index is 6.78. The molecule has 4 nitrogen and oxygen atoms in total. The minimum absolute atomic E-state index is 0.286. The summed E-state index contributed by atoms with van der Waals surface area (Å²) in [4.78, 5) is 2.55. The summed E-state index contributed by atoms with van der Waals surface area (Å²) >= 11 is 0. The van der Waals surface area contributed by atoms with Crippen LogP contribution in [-0.2, 0) is 0 Å². The van der Waals surface area contributed by atoms with E-state index in [-0.39, 0.29) is 6.04 Å². The molecular weight excluding hydrogens is 430 g/mol. The van der Waals surface area contributed by atoms with Gasteiger partial charge in [-0.15, -0.1) is 0 Å². The fourth-order valence-corrected chi connectivity index (χ4v) is 6.53. The van der Waals surface area contributed by atoms with E-state index < -0.39 is 0 Å². The first-order valence-electron chi connectivity index (χ1n) is 12.4. The lowest BCUT2D eigenvalue weighted by Crippen LogP contribution is -2.34. The van der Waals surface area contributed by atoms with Crippen LogP contribution in [0.5, 0.6) is 0 Å². The maximum Gasteiger partial charge on any atom is 0.136 e. The molecule has 0 saturated heterocycles. The number of para-hydroxylation sites is 1. The molecular formula is C31H25N3O. The molecule has 8 rings (SSSR count). The minimum Gasteiger partial charge on any atom is -0.456 e. The van der Waals surface area contributed by atoms with Crippen molar-refractivity contribution in [2.24, 2.45) is 5.92 Å². The molecule has 2 aromatic heterocycles. The second kappa shape index (κ2) is 6.70. The topological polar surface area (TPSA) is 47.3 Å². The largest absolute Gasteiger partial charge is 0.456 e. The van der Waals surface area contributed by atoms with E-state index in [1.165, 1.54) is 27.7 Å². The predicted octanol–water partition coefficient (Wildman–Crippen LogP) is 7.29. The van der Waals surface area contributed by atoms with Crippen LogP contribution in [0.2, 0.25) is 0 Å². The lowest BCUT2D eigenvalue weighted by molar-refractivity contribution is 0.613. The number of rotatable bonds is 1. The number of allylic oxidation sites excluding steroid dienone is 6. The summed E-state index contributed by atoms with van der Waals surface area (Å²) in [7, 11) is 0. The van der Waals surface area contributed by atoms with Crippen molar-refractivity contribution in [3.05, 3.63) is 102 Å². The number of aromatic nitrogens is 1. The van der Waals surface area contributed by atoms with Gasteiger partial charge in [-0.3, -0.25) is 4.68 Å². The van der Waals surface area contributed by atoms with E-state index in [0.717, 1.165) is 39.4 Å². The van der Waals surface area contributed by atoms with E-state index in [0.29, 0.717) is 11.8 Å². The average Bonchev–Trinajstić information content (AvgIpc) is 3.51. The Morgan fingerprint density at radius 3 is 2.69 bits per heavy atom. The Morgan fingerprint density at radius 2 is 1.77 bits per heavy atom. The molecule has 3 atom stereocenters. The van der Waals surface area contributed by atoms with Crippen molar-refractivity contribution in [1.29, 1.82) is 0 Å². The van der Waals surface area contributed by atoms with Gasteiger partial charge in [0.2, 0.25) is 0 Å². The van der Waals surface area contributed by atoms with E-state index in [2.05, 4.69) is 84.7 Å². The van der Waals surface area contributed by atoms with Gasteiger partial charge >= 0.3 is 0 Å². The summed E-state index contributed by atoms with van der Waals surface area (Å²) in [6.07, 6.45) is 16.9. The number of hydrogen-bond acceptors (Lipinski definition) is 3. The van der Waals surface area contributed by atoms with Crippen molar-refractivity contribution in [3.63, 3.8) is 0 Å². The van der Waals surface area contributed by atoms with Crippen LogP contribution in [0.3, 0.4) is 0 Å². The number of nitrogens with two attached hydrogens (primary N) is 1. The fraction of sp³-hybridized carbons (Fsp3) is 0.161. The molecule has 35 heavy (non-hydrogen) atoms. The van der Waals surface area contributed by atoms with Crippen molar-refractivity contribution in [2.75, 3.05) is 10.7 Å². The van der Waals surface area contributed by atoms with Crippen LogP contribution in [0.4, 0.5) is 5.69 Å². The Hall–Kier alpha value is -4.18. The molecule has 3 aromatic carbocycles. The summed E-state index contributed by atoms with van der Waals surface area (Å²) in [5.41, 5.74) is 7.89. The van der Waals surface area contributed by atoms with Crippen molar-refractivity contribution >= 4 is 49.4 Å². The van der Waals surface area contributed by atoms with E-state index in [1.807, 2.05) is 22.9 Å². The second-order valence-corrected chi connectivity index (χ2v) is 10.0. The third-order valence-corrected chi connectivity index (χ3v) is 8.15. The minimum atomic E-state index is 0.286. The lowest BCUT2D eigenvalue weighted by atomic mass is 9.90. The highest BCUT2D eigenvalue weighted by Gasteiger charge is 2.40. The van der Waals surface area contributed by atoms with Gasteiger partial charge in [0.1, 0.15) is 11.2 Å². The van der Waals surface area contributed by atoms with E-state index in [9.17, 15) is 0 Å². The van der Waals surface area contributed by atoms with Crippen molar-refractivity contribution in [2.45, 2.75) is 25.3 Å². The van der Waals surface area contributed by atoms with Crippen LogP contribution >= 0.6 is 0 Å². The van der Waals surface area contributed by atoms with Gasteiger partial charge < -0.3 is 15.2 Å². The first kappa shape index (κ1) is 19.2. The molecule has 0 radical (unpaired) electrons. The number of benzene rings is 3. The average molecular weight is 456 g/mol. The van der Waals surface area contributed by atoms with Crippen LogP contribution in [0.15, 0.2) is 101 Å². The summed E-state index contributed by atoms with van der Waals surface area (Å²) in [5.74, 6) is 7.57. The van der Waals surface area contributed by atoms with Gasteiger partial charge in [-0.1, -0.05) is 61.6 Å². The molecule has 4 heteroatoms. The molecule has 170 valence electrons. The highest BCUT2D eigenvalue weighted by atomic mass is 16.3. The van der Waals surface area contributed by atoms with E-state index >= 15 is 0 Å². The highest BCUT2D eigenvalue weighted by Crippen LogP contribution is 2.50. The molecule has 3 aliphatic rings. The fourth-order valence-electron chi connectivity index (χ4n) is 6.53. The maximum atomic E-state index is 6.78. The number of hydrogen-bond donors (Lipinski definition) is 1. The zero-order valence-electron chi connectivity index (χ0n) is 19.5. The lowest BCUT2D eigenvalue weighted by Gasteiger charge is -2.34. The van der Waals surface area contributed by atoms with Crippen LogP contribution in [0.25, 0.3) is 43.7 Å². The highest BCUT2D eigenvalue weighted by molar-refractivity contribution is 6.27. The molecule has 1 aliphatic heterocycles. The van der Waals surface area contributed by atoms with Gasteiger partial charge in [0, 0.05) is 38.8 Å². The van der Waals surface area contributed by atoms with E-state index in [1.54, 1.807) is 0 Å². The number of fused-ring (bicyclic) bond motifs is 10. The Balaban J connectivity index is 1.48. The predicted molar refractivity (Wildman–Crippen MR) is 145 cm³/mol. The Morgan fingerprint density at radius 1 is 0.886 bits per heavy atom. The van der Waals surface area contributed by atoms with E-state index in [4.69, 9.17) is 10.3 Å². The second-order valence-electron chi connectivity index (χ2n) is 10.0.